The molecule has 1 atom stereocenters. The summed E-state index contributed by atoms with van der Waals surface area (Å²) in [7, 11) is 0. The van der Waals surface area contributed by atoms with Crippen LogP contribution in [0.3, 0.4) is 0 Å². The molecule has 1 aromatic rings. The Kier molecular flexibility index (Phi) is 3.10. The molecular weight excluding hydrogens is 240 g/mol. The molecule has 0 radical (unpaired) electrons. The summed E-state index contributed by atoms with van der Waals surface area (Å²) in [5, 5.41) is 15.3. The highest BCUT2D eigenvalue weighted by atomic mass is 16.2. The molecule has 1 amide bonds. The van der Waals surface area contributed by atoms with Crippen molar-refractivity contribution in [3.8, 4) is 6.07 Å². The second kappa shape index (κ2) is 4.90. The van der Waals surface area contributed by atoms with Crippen LogP contribution in [0.2, 0.25) is 0 Å². The predicted octanol–water partition coefficient (Wildman–Crippen LogP) is 1.07. The van der Waals surface area contributed by atoms with Gasteiger partial charge in [-0.15, -0.1) is 0 Å². The van der Waals surface area contributed by atoms with E-state index in [1.165, 1.54) is 0 Å². The summed E-state index contributed by atoms with van der Waals surface area (Å²) in [6.07, 6.45) is 2.20. The monoisotopic (exact) mass is 256 g/mol. The number of amides is 1. The van der Waals surface area contributed by atoms with Crippen LogP contribution in [0, 0.1) is 11.3 Å². The van der Waals surface area contributed by atoms with Gasteiger partial charge in [0.2, 0.25) is 5.91 Å². The van der Waals surface area contributed by atoms with Crippen molar-refractivity contribution < 1.29 is 4.79 Å². The van der Waals surface area contributed by atoms with E-state index in [-0.39, 0.29) is 5.91 Å². The third-order valence-corrected chi connectivity index (χ3v) is 3.74. The van der Waals surface area contributed by atoms with Gasteiger partial charge in [-0.2, -0.15) is 5.26 Å². The lowest BCUT2D eigenvalue weighted by Crippen LogP contribution is -2.51. The van der Waals surface area contributed by atoms with Crippen LogP contribution in [-0.4, -0.2) is 31.6 Å². The smallest absolute Gasteiger partial charge is 0.243 e. The summed E-state index contributed by atoms with van der Waals surface area (Å²) in [6, 6.07) is 7.90. The zero-order chi connectivity index (χ0) is 13.2. The highest BCUT2D eigenvalue weighted by Gasteiger charge is 2.29. The fourth-order valence-electron chi connectivity index (χ4n) is 2.80. The number of carbonyl (C=O) groups excluding carboxylic acids is 1. The number of piperidine rings is 1. The van der Waals surface area contributed by atoms with Gasteiger partial charge in [-0.25, -0.2) is 0 Å². The van der Waals surface area contributed by atoms with Crippen molar-refractivity contribution in [2.45, 2.75) is 18.9 Å². The quantitative estimate of drug-likeness (QED) is 0.788. The van der Waals surface area contributed by atoms with E-state index < -0.39 is 0 Å². The molecule has 98 valence electrons. The molecule has 1 aromatic carbocycles. The second-order valence-electron chi connectivity index (χ2n) is 5.02. The fraction of sp³-hybridized carbons (Fsp3) is 0.429. The molecule has 1 saturated heterocycles. The van der Waals surface area contributed by atoms with Crippen molar-refractivity contribution in [3.05, 3.63) is 23.8 Å². The molecule has 1 fully saturated rings. The number of benzene rings is 1. The van der Waals surface area contributed by atoms with E-state index >= 15 is 0 Å². The molecule has 2 N–H and O–H groups in total. The van der Waals surface area contributed by atoms with Crippen molar-refractivity contribution >= 4 is 17.3 Å². The first kappa shape index (κ1) is 12.0. The van der Waals surface area contributed by atoms with Crippen LogP contribution in [0.25, 0.3) is 0 Å². The third-order valence-electron chi connectivity index (χ3n) is 3.74. The maximum atomic E-state index is 11.8. The third kappa shape index (κ3) is 2.27. The van der Waals surface area contributed by atoms with Crippen molar-refractivity contribution in [2.75, 3.05) is 29.9 Å². The van der Waals surface area contributed by atoms with Gasteiger partial charge in [-0.1, -0.05) is 0 Å². The van der Waals surface area contributed by atoms with E-state index in [0.29, 0.717) is 18.2 Å². The Labute approximate surface area is 112 Å². The molecule has 0 saturated carbocycles. The Balaban J connectivity index is 1.97. The van der Waals surface area contributed by atoms with Crippen LogP contribution in [0.1, 0.15) is 18.4 Å². The van der Waals surface area contributed by atoms with E-state index in [2.05, 4.69) is 21.6 Å². The molecule has 2 heterocycles. The van der Waals surface area contributed by atoms with E-state index in [1.807, 2.05) is 12.1 Å². The zero-order valence-electron chi connectivity index (χ0n) is 10.6. The van der Waals surface area contributed by atoms with Crippen LogP contribution in [0.5, 0.6) is 0 Å². The molecule has 1 unspecified atom stereocenters. The van der Waals surface area contributed by atoms with E-state index in [0.717, 1.165) is 37.3 Å². The zero-order valence-corrected chi connectivity index (χ0v) is 10.6. The van der Waals surface area contributed by atoms with Gasteiger partial charge in [0.1, 0.15) is 0 Å². The maximum absolute atomic E-state index is 11.8. The number of hydrogen-bond acceptors (Lipinski definition) is 4. The summed E-state index contributed by atoms with van der Waals surface area (Å²) in [5.41, 5.74) is 2.40. The summed E-state index contributed by atoms with van der Waals surface area (Å²) in [5.74, 6) is 0.0165. The molecule has 5 nitrogen and oxygen atoms in total. The Hall–Kier alpha value is -2.06. The molecule has 0 bridgehead atoms. The van der Waals surface area contributed by atoms with Gasteiger partial charge >= 0.3 is 0 Å². The first-order valence-corrected chi connectivity index (χ1v) is 6.59. The Bertz CT molecular complexity index is 543. The van der Waals surface area contributed by atoms with Crippen LogP contribution >= 0.6 is 0 Å². The van der Waals surface area contributed by atoms with E-state index in [4.69, 9.17) is 5.26 Å². The number of rotatable bonds is 1. The molecule has 19 heavy (non-hydrogen) atoms. The summed E-state index contributed by atoms with van der Waals surface area (Å²) < 4.78 is 0. The van der Waals surface area contributed by atoms with Gasteiger partial charge in [-0.3, -0.25) is 4.79 Å². The van der Waals surface area contributed by atoms with Crippen molar-refractivity contribution in [2.24, 2.45) is 0 Å². The molecule has 0 aromatic heterocycles. The Morgan fingerprint density at radius 1 is 1.42 bits per heavy atom. The average Bonchev–Trinajstić information content (AvgIpc) is 2.47. The van der Waals surface area contributed by atoms with Crippen LogP contribution < -0.4 is 15.5 Å². The normalized spacial score (nSPS) is 22.4. The van der Waals surface area contributed by atoms with E-state index in [9.17, 15) is 4.79 Å². The maximum Gasteiger partial charge on any atom is 0.243 e. The standard InChI is InChI=1S/C14H16N4O/c15-7-10-3-4-12-13(6-10)18(9-14(19)17-12)11-2-1-5-16-8-11/h3-4,6,11,16H,1-2,5,8-9H2,(H,17,19). The predicted molar refractivity (Wildman–Crippen MR) is 73.0 cm³/mol. The molecule has 2 aliphatic heterocycles. The first-order chi connectivity index (χ1) is 9.28. The molecule has 3 rings (SSSR count). The SMILES string of the molecule is N#Cc1ccc2c(c1)N(C1CCCNC1)CC(=O)N2. The summed E-state index contributed by atoms with van der Waals surface area (Å²) in [6.45, 7) is 2.30. The van der Waals surface area contributed by atoms with Gasteiger partial charge in [0.05, 0.1) is 29.6 Å². The summed E-state index contributed by atoms with van der Waals surface area (Å²) >= 11 is 0. The minimum Gasteiger partial charge on any atom is -0.356 e. The van der Waals surface area contributed by atoms with Gasteiger partial charge in [0.15, 0.2) is 0 Å². The summed E-state index contributed by atoms with van der Waals surface area (Å²) in [4.78, 5) is 13.9. The van der Waals surface area contributed by atoms with Gasteiger partial charge in [-0.05, 0) is 37.6 Å². The highest BCUT2D eigenvalue weighted by molar-refractivity contribution is 6.01. The van der Waals surface area contributed by atoms with E-state index in [1.54, 1.807) is 6.07 Å². The Morgan fingerprint density at radius 3 is 3.05 bits per heavy atom. The number of nitrogens with one attached hydrogen (secondary N) is 2. The number of nitriles is 1. The van der Waals surface area contributed by atoms with Gasteiger partial charge in [0, 0.05) is 12.6 Å². The molecule has 0 aliphatic carbocycles. The number of carbonyl (C=O) groups is 1. The minimum absolute atomic E-state index is 0.0165. The van der Waals surface area contributed by atoms with Gasteiger partial charge in [0.25, 0.3) is 0 Å². The van der Waals surface area contributed by atoms with Crippen LogP contribution in [0.4, 0.5) is 11.4 Å². The lowest BCUT2D eigenvalue weighted by Gasteiger charge is -2.39. The molecule has 5 heteroatoms. The number of hydrogen-bond donors (Lipinski definition) is 2. The lowest BCUT2D eigenvalue weighted by molar-refractivity contribution is -0.115. The van der Waals surface area contributed by atoms with Crippen molar-refractivity contribution in [3.63, 3.8) is 0 Å². The molecular formula is C14H16N4O. The van der Waals surface area contributed by atoms with Gasteiger partial charge < -0.3 is 15.5 Å². The fourth-order valence-corrected chi connectivity index (χ4v) is 2.80. The number of fused-ring (bicyclic) bond motifs is 1. The largest absolute Gasteiger partial charge is 0.356 e. The topological polar surface area (TPSA) is 68.2 Å². The minimum atomic E-state index is 0.0165. The Morgan fingerprint density at radius 2 is 2.32 bits per heavy atom. The number of anilines is 2. The second-order valence-corrected chi connectivity index (χ2v) is 5.02. The molecule has 0 spiro atoms. The highest BCUT2D eigenvalue weighted by Crippen LogP contribution is 2.32. The van der Waals surface area contributed by atoms with Crippen molar-refractivity contribution in [1.29, 1.82) is 5.26 Å². The number of nitrogens with zero attached hydrogens (tertiary/aromatic N) is 2. The lowest BCUT2D eigenvalue weighted by atomic mass is 10.0. The van der Waals surface area contributed by atoms with Crippen LogP contribution in [-0.2, 0) is 4.79 Å². The average molecular weight is 256 g/mol. The molecule has 2 aliphatic rings. The first-order valence-electron chi connectivity index (χ1n) is 6.59. The van der Waals surface area contributed by atoms with Crippen molar-refractivity contribution in [1.82, 2.24) is 5.32 Å². The van der Waals surface area contributed by atoms with Crippen LogP contribution in [0.15, 0.2) is 18.2 Å².